The normalized spacial score (nSPS) is 14.3. The highest BCUT2D eigenvalue weighted by Gasteiger charge is 2.28. The molecule has 0 bridgehead atoms. The Kier molecular flexibility index (Phi) is 8.82. The van der Waals surface area contributed by atoms with E-state index in [1.165, 1.54) is 6.92 Å². The molecule has 0 radical (unpaired) electrons. The monoisotopic (exact) mass is 417 g/mol. The number of hydrogen-bond donors (Lipinski definition) is 4. The Labute approximate surface area is 177 Å². The molecular formula is C22H31N3O5. The van der Waals surface area contributed by atoms with Gasteiger partial charge in [-0.15, -0.1) is 0 Å². The molecule has 8 nitrogen and oxygen atoms in total. The number of carbonyl (C=O) groups is 2. The number of benzene rings is 2. The number of carbonyl (C=O) groups excluding carboxylic acids is 1. The number of carboxylic acids is 1. The minimum Gasteiger partial charge on any atom is -0.497 e. The van der Waals surface area contributed by atoms with E-state index >= 15 is 0 Å². The molecule has 8 heteroatoms. The van der Waals surface area contributed by atoms with E-state index in [-0.39, 0.29) is 0 Å². The maximum Gasteiger partial charge on any atom is 0.323 e. The third kappa shape index (κ3) is 7.73. The van der Waals surface area contributed by atoms with Crippen LogP contribution in [0.15, 0.2) is 48.5 Å². The van der Waals surface area contributed by atoms with Gasteiger partial charge in [-0.05, 0) is 55.7 Å². The third-order valence-electron chi connectivity index (χ3n) is 4.51. The van der Waals surface area contributed by atoms with E-state index in [0.29, 0.717) is 12.8 Å². The van der Waals surface area contributed by atoms with Crippen molar-refractivity contribution in [3.05, 3.63) is 59.7 Å². The van der Waals surface area contributed by atoms with Crippen molar-refractivity contribution >= 4 is 11.9 Å². The van der Waals surface area contributed by atoms with Crippen molar-refractivity contribution in [2.24, 2.45) is 17.2 Å². The fourth-order valence-corrected chi connectivity index (χ4v) is 2.50. The summed E-state index contributed by atoms with van der Waals surface area (Å²) in [7, 11) is 3.19. The van der Waals surface area contributed by atoms with Crippen LogP contribution in [0.4, 0.5) is 0 Å². The van der Waals surface area contributed by atoms with Crippen LogP contribution in [0.5, 0.6) is 11.5 Å². The second-order valence-corrected chi connectivity index (χ2v) is 7.55. The summed E-state index contributed by atoms with van der Waals surface area (Å²) in [5, 5.41) is 8.85. The Bertz CT molecular complexity index is 759. The van der Waals surface area contributed by atoms with Crippen LogP contribution in [-0.2, 0) is 22.4 Å². The summed E-state index contributed by atoms with van der Waals surface area (Å²) in [5.74, 6) is 0.0148. The molecular weight excluding hydrogens is 386 g/mol. The summed E-state index contributed by atoms with van der Waals surface area (Å²) < 4.78 is 10.0. The maximum absolute atomic E-state index is 11.0. The molecule has 164 valence electrons. The average Bonchev–Trinajstić information content (AvgIpc) is 2.69. The molecule has 0 fully saturated rings. The van der Waals surface area contributed by atoms with Gasteiger partial charge in [0.2, 0.25) is 5.91 Å². The molecule has 0 aliphatic rings. The van der Waals surface area contributed by atoms with Gasteiger partial charge in [-0.3, -0.25) is 9.59 Å². The second-order valence-electron chi connectivity index (χ2n) is 7.55. The van der Waals surface area contributed by atoms with E-state index in [1.807, 2.05) is 36.4 Å². The zero-order valence-corrected chi connectivity index (χ0v) is 17.8. The molecule has 2 atom stereocenters. The van der Waals surface area contributed by atoms with Crippen LogP contribution in [-0.4, -0.2) is 42.3 Å². The molecule has 0 aromatic heterocycles. The van der Waals surface area contributed by atoms with Crippen LogP contribution in [0.3, 0.4) is 0 Å². The summed E-state index contributed by atoms with van der Waals surface area (Å²) in [6, 6.07) is 14.6. The Morgan fingerprint density at radius 2 is 1.13 bits per heavy atom. The van der Waals surface area contributed by atoms with E-state index in [4.69, 9.17) is 31.8 Å². The number of aliphatic carboxylic acids is 1. The van der Waals surface area contributed by atoms with Crippen LogP contribution in [0.25, 0.3) is 0 Å². The zero-order valence-electron chi connectivity index (χ0n) is 17.8. The molecule has 0 aliphatic heterocycles. The molecule has 7 N–H and O–H groups in total. The first-order valence-corrected chi connectivity index (χ1v) is 9.28. The molecule has 0 aliphatic carbocycles. The Morgan fingerprint density at radius 1 is 0.800 bits per heavy atom. The lowest BCUT2D eigenvalue weighted by atomic mass is 9.93. The molecule has 0 saturated carbocycles. The molecule has 0 spiro atoms. The quantitative estimate of drug-likeness (QED) is 0.508. The van der Waals surface area contributed by atoms with Crippen LogP contribution in [0.2, 0.25) is 0 Å². The van der Waals surface area contributed by atoms with Crippen LogP contribution in [0.1, 0.15) is 25.0 Å². The van der Waals surface area contributed by atoms with Gasteiger partial charge in [0.05, 0.1) is 19.8 Å². The van der Waals surface area contributed by atoms with E-state index in [0.717, 1.165) is 22.6 Å². The summed E-state index contributed by atoms with van der Waals surface area (Å²) in [4.78, 5) is 21.8. The van der Waals surface area contributed by atoms with Gasteiger partial charge in [0.15, 0.2) is 0 Å². The van der Waals surface area contributed by atoms with Crippen molar-refractivity contribution in [2.45, 2.75) is 37.8 Å². The predicted octanol–water partition coefficient (Wildman–Crippen LogP) is 1.48. The summed E-state index contributed by atoms with van der Waals surface area (Å²) in [6.07, 6.45) is 0.721. The van der Waals surface area contributed by atoms with Crippen LogP contribution < -0.4 is 26.7 Å². The van der Waals surface area contributed by atoms with Gasteiger partial charge in [0, 0.05) is 6.42 Å². The fraction of sp³-hybridized carbons (Fsp3) is 0.364. The Morgan fingerprint density at radius 3 is 1.40 bits per heavy atom. The predicted molar refractivity (Wildman–Crippen MR) is 115 cm³/mol. The third-order valence-corrected chi connectivity index (χ3v) is 4.51. The van der Waals surface area contributed by atoms with Gasteiger partial charge in [-0.2, -0.15) is 0 Å². The van der Waals surface area contributed by atoms with Crippen molar-refractivity contribution in [1.82, 2.24) is 0 Å². The Hall–Kier alpha value is -3.10. The minimum atomic E-state index is -1.23. The van der Waals surface area contributed by atoms with Gasteiger partial charge in [0.1, 0.15) is 17.0 Å². The number of carboxylic acid groups (broad SMARTS) is 1. The van der Waals surface area contributed by atoms with E-state index in [1.54, 1.807) is 33.3 Å². The van der Waals surface area contributed by atoms with Crippen molar-refractivity contribution in [3.8, 4) is 11.5 Å². The topological polar surface area (TPSA) is 151 Å². The number of methoxy groups -OCH3 is 2. The largest absolute Gasteiger partial charge is 0.497 e. The highest BCUT2D eigenvalue weighted by molar-refractivity contribution is 5.84. The molecule has 0 unspecified atom stereocenters. The highest BCUT2D eigenvalue weighted by atomic mass is 16.5. The molecule has 0 heterocycles. The SMILES string of the molecule is COc1ccc(C[C@@](C)(N)C(=O)O)cc1.COc1ccc(C[C@@](C)(N)C(N)=O)cc1. The lowest BCUT2D eigenvalue weighted by Crippen LogP contribution is -2.51. The van der Waals surface area contributed by atoms with Gasteiger partial charge < -0.3 is 31.8 Å². The first-order valence-electron chi connectivity index (χ1n) is 9.28. The van der Waals surface area contributed by atoms with Gasteiger partial charge >= 0.3 is 5.97 Å². The summed E-state index contributed by atoms with van der Waals surface area (Å²) in [5.41, 5.74) is 16.2. The van der Waals surface area contributed by atoms with E-state index < -0.39 is 23.0 Å². The van der Waals surface area contributed by atoms with Crippen LogP contribution >= 0.6 is 0 Å². The number of hydrogen-bond acceptors (Lipinski definition) is 6. The molecule has 0 saturated heterocycles. The van der Waals surface area contributed by atoms with E-state index in [2.05, 4.69) is 0 Å². The maximum atomic E-state index is 11.0. The molecule has 2 aromatic carbocycles. The standard InChI is InChI=1S/C11H16N2O2.C11H15NO3/c1-11(13,10(12)14)7-8-3-5-9(15-2)6-4-8;1-11(12,10(13)14)7-8-3-5-9(15-2)6-4-8/h3-6H,7,13H2,1-2H3,(H2,12,14);3-6H,7,12H2,1-2H3,(H,13,14)/t2*11-/m11/s1. The lowest BCUT2D eigenvalue weighted by Gasteiger charge is -2.20. The molecule has 30 heavy (non-hydrogen) atoms. The summed E-state index contributed by atoms with van der Waals surface area (Å²) >= 11 is 0. The highest BCUT2D eigenvalue weighted by Crippen LogP contribution is 2.16. The lowest BCUT2D eigenvalue weighted by molar-refractivity contribution is -0.142. The number of nitrogens with two attached hydrogens (primary N) is 3. The first kappa shape index (κ1) is 24.9. The van der Waals surface area contributed by atoms with Crippen molar-refractivity contribution in [2.75, 3.05) is 14.2 Å². The van der Waals surface area contributed by atoms with Crippen molar-refractivity contribution < 1.29 is 24.2 Å². The van der Waals surface area contributed by atoms with E-state index in [9.17, 15) is 9.59 Å². The Balaban J connectivity index is 0.000000300. The molecule has 2 aromatic rings. The van der Waals surface area contributed by atoms with Crippen molar-refractivity contribution in [1.29, 1.82) is 0 Å². The number of ether oxygens (including phenoxy) is 2. The molecule has 2 rings (SSSR count). The van der Waals surface area contributed by atoms with Gasteiger partial charge in [-0.1, -0.05) is 24.3 Å². The van der Waals surface area contributed by atoms with Crippen molar-refractivity contribution in [3.63, 3.8) is 0 Å². The zero-order chi connectivity index (χ0) is 22.9. The second kappa shape index (κ2) is 10.6. The van der Waals surface area contributed by atoms with Gasteiger partial charge in [-0.25, -0.2) is 0 Å². The summed E-state index contributed by atoms with van der Waals surface area (Å²) in [6.45, 7) is 3.12. The van der Waals surface area contributed by atoms with Gasteiger partial charge in [0.25, 0.3) is 0 Å². The number of primary amides is 1. The minimum absolute atomic E-state index is 0.298. The number of amides is 1. The average molecular weight is 418 g/mol. The first-order chi connectivity index (χ1) is 13.9. The molecule has 1 amide bonds. The van der Waals surface area contributed by atoms with Crippen LogP contribution in [0, 0.1) is 0 Å². The fourth-order valence-electron chi connectivity index (χ4n) is 2.50. The smallest absolute Gasteiger partial charge is 0.323 e. The number of rotatable bonds is 8.